The lowest BCUT2D eigenvalue weighted by atomic mass is 10.2. The minimum atomic E-state index is -0.803. The van der Waals surface area contributed by atoms with Crippen LogP contribution in [0.15, 0.2) is 23.4 Å². The lowest BCUT2D eigenvalue weighted by Gasteiger charge is -2.11. The monoisotopic (exact) mass is 315 g/mol. The number of aldehydes is 1. The Labute approximate surface area is 122 Å². The van der Waals surface area contributed by atoms with Crippen LogP contribution in [0.4, 0.5) is 20.3 Å². The Morgan fingerprint density at radius 2 is 1.95 bits per heavy atom. The maximum atomic E-state index is 13.6. The molecule has 4 nitrogen and oxygen atoms in total. The zero-order chi connectivity index (χ0) is 14.7. The normalized spacial score (nSPS) is 10.4. The van der Waals surface area contributed by atoms with Crippen molar-refractivity contribution in [2.45, 2.75) is 5.16 Å². The van der Waals surface area contributed by atoms with Crippen LogP contribution in [0.25, 0.3) is 0 Å². The third-order valence-corrected chi connectivity index (χ3v) is 3.22. The molecule has 2 aromatic rings. The molecule has 0 saturated heterocycles. The van der Waals surface area contributed by atoms with Crippen molar-refractivity contribution in [2.24, 2.45) is 0 Å². The average Bonchev–Trinajstić information content (AvgIpc) is 2.42. The molecule has 0 saturated carbocycles. The fourth-order valence-corrected chi connectivity index (χ4v) is 2.08. The number of rotatable bonds is 4. The first kappa shape index (κ1) is 14.7. The summed E-state index contributed by atoms with van der Waals surface area (Å²) in [5, 5.41) is 2.64. The molecule has 0 spiro atoms. The first-order valence-corrected chi connectivity index (χ1v) is 6.94. The second-order valence-corrected chi connectivity index (χ2v) is 4.73. The maximum Gasteiger partial charge on any atom is 0.190 e. The molecule has 1 aromatic carbocycles. The molecule has 0 unspecified atom stereocenters. The standard InChI is InChI=1S/C12H8ClF2N3OS/c1-20-12-17-10(13)6(5-19)11(18-12)16-9-7(14)3-2-4-8(9)15/h2-5H,1H3,(H,16,17,18). The van der Waals surface area contributed by atoms with Gasteiger partial charge in [-0.15, -0.1) is 0 Å². The van der Waals surface area contributed by atoms with E-state index in [9.17, 15) is 13.6 Å². The number of hydrogen-bond donors (Lipinski definition) is 1. The maximum absolute atomic E-state index is 13.6. The average molecular weight is 316 g/mol. The van der Waals surface area contributed by atoms with Crippen LogP contribution in [0.5, 0.6) is 0 Å². The quantitative estimate of drug-likeness (QED) is 0.403. The Kier molecular flexibility index (Phi) is 4.51. The van der Waals surface area contributed by atoms with Gasteiger partial charge in [-0.25, -0.2) is 18.7 Å². The summed E-state index contributed by atoms with van der Waals surface area (Å²) in [6, 6.07) is 3.41. The van der Waals surface area contributed by atoms with E-state index in [4.69, 9.17) is 11.6 Å². The van der Waals surface area contributed by atoms with Gasteiger partial charge in [-0.2, -0.15) is 0 Å². The van der Waals surface area contributed by atoms with Gasteiger partial charge in [0.15, 0.2) is 11.4 Å². The molecular formula is C12H8ClF2N3OS. The number of benzene rings is 1. The summed E-state index contributed by atoms with van der Waals surface area (Å²) in [4.78, 5) is 18.9. The molecule has 0 bridgehead atoms. The van der Waals surface area contributed by atoms with E-state index in [0.29, 0.717) is 6.29 Å². The highest BCUT2D eigenvalue weighted by molar-refractivity contribution is 7.98. The molecule has 0 fully saturated rings. The number of thioether (sulfide) groups is 1. The van der Waals surface area contributed by atoms with E-state index in [1.165, 1.54) is 17.8 Å². The van der Waals surface area contributed by atoms with E-state index in [0.717, 1.165) is 12.1 Å². The third kappa shape index (κ3) is 2.88. The molecule has 8 heteroatoms. The fraction of sp³-hybridized carbons (Fsp3) is 0.0833. The molecule has 1 aromatic heterocycles. The number of nitrogens with one attached hydrogen (secondary N) is 1. The molecule has 1 N–H and O–H groups in total. The summed E-state index contributed by atoms with van der Waals surface area (Å²) in [5.41, 5.74) is -0.468. The smallest absolute Gasteiger partial charge is 0.190 e. The molecule has 0 amide bonds. The Morgan fingerprint density at radius 1 is 1.30 bits per heavy atom. The van der Waals surface area contributed by atoms with E-state index >= 15 is 0 Å². The molecule has 0 radical (unpaired) electrons. The topological polar surface area (TPSA) is 54.9 Å². The van der Waals surface area contributed by atoms with Crippen molar-refractivity contribution in [3.8, 4) is 0 Å². The molecule has 0 aliphatic carbocycles. The van der Waals surface area contributed by atoms with Crippen LogP contribution in [0.2, 0.25) is 5.15 Å². The van der Waals surface area contributed by atoms with Crippen molar-refractivity contribution in [1.82, 2.24) is 9.97 Å². The van der Waals surface area contributed by atoms with Gasteiger partial charge >= 0.3 is 0 Å². The Bertz CT molecular complexity index is 649. The number of nitrogens with zero attached hydrogens (tertiary/aromatic N) is 2. The molecule has 1 heterocycles. The van der Waals surface area contributed by atoms with Crippen molar-refractivity contribution in [3.05, 3.63) is 40.6 Å². The molecule has 2 rings (SSSR count). The van der Waals surface area contributed by atoms with E-state index in [-0.39, 0.29) is 21.7 Å². The van der Waals surface area contributed by atoms with E-state index < -0.39 is 17.3 Å². The molecule has 0 aliphatic rings. The number of carbonyl (C=O) groups is 1. The molecule has 104 valence electrons. The largest absolute Gasteiger partial charge is 0.335 e. The Hall–Kier alpha value is -1.73. The van der Waals surface area contributed by atoms with Crippen LogP contribution in [0.1, 0.15) is 10.4 Å². The van der Waals surface area contributed by atoms with Gasteiger partial charge in [0.25, 0.3) is 0 Å². The van der Waals surface area contributed by atoms with E-state index in [1.807, 2.05) is 0 Å². The first-order chi connectivity index (χ1) is 9.56. The summed E-state index contributed by atoms with van der Waals surface area (Å²) in [6.45, 7) is 0. The number of aromatic nitrogens is 2. The second kappa shape index (κ2) is 6.15. The second-order valence-electron chi connectivity index (χ2n) is 3.60. The van der Waals surface area contributed by atoms with Crippen LogP contribution >= 0.6 is 23.4 Å². The molecule has 20 heavy (non-hydrogen) atoms. The van der Waals surface area contributed by atoms with Crippen LogP contribution in [-0.4, -0.2) is 22.5 Å². The summed E-state index contributed by atoms with van der Waals surface area (Å²) >= 11 is 7.02. The number of anilines is 2. The third-order valence-electron chi connectivity index (χ3n) is 2.39. The summed E-state index contributed by atoms with van der Waals surface area (Å²) in [6.07, 6.45) is 2.13. The van der Waals surface area contributed by atoms with Gasteiger partial charge < -0.3 is 5.32 Å². The van der Waals surface area contributed by atoms with E-state index in [2.05, 4.69) is 15.3 Å². The van der Waals surface area contributed by atoms with Gasteiger partial charge in [-0.05, 0) is 18.4 Å². The number of halogens is 3. The predicted octanol–water partition coefficient (Wildman–Crippen LogP) is 3.69. The summed E-state index contributed by atoms with van der Waals surface area (Å²) in [7, 11) is 0. The fourth-order valence-electron chi connectivity index (χ4n) is 1.45. The van der Waals surface area contributed by atoms with Crippen molar-refractivity contribution < 1.29 is 13.6 Å². The van der Waals surface area contributed by atoms with Crippen LogP contribution in [0, 0.1) is 11.6 Å². The SMILES string of the molecule is CSc1nc(Cl)c(C=O)c(Nc2c(F)cccc2F)n1. The van der Waals surface area contributed by atoms with Crippen molar-refractivity contribution in [1.29, 1.82) is 0 Å². The highest BCUT2D eigenvalue weighted by Crippen LogP contribution is 2.28. The van der Waals surface area contributed by atoms with Gasteiger partial charge in [0.2, 0.25) is 0 Å². The number of para-hydroxylation sites is 1. The lowest BCUT2D eigenvalue weighted by Crippen LogP contribution is -2.05. The lowest BCUT2D eigenvalue weighted by molar-refractivity contribution is 0.112. The van der Waals surface area contributed by atoms with Crippen LogP contribution in [0.3, 0.4) is 0 Å². The van der Waals surface area contributed by atoms with Crippen molar-refractivity contribution >= 4 is 41.2 Å². The minimum absolute atomic E-state index is 0.0478. The van der Waals surface area contributed by atoms with Gasteiger partial charge in [0, 0.05) is 0 Å². The van der Waals surface area contributed by atoms with Gasteiger partial charge in [0.1, 0.15) is 28.3 Å². The molecule has 0 atom stereocenters. The highest BCUT2D eigenvalue weighted by Gasteiger charge is 2.16. The van der Waals surface area contributed by atoms with Crippen molar-refractivity contribution in [2.75, 3.05) is 11.6 Å². The van der Waals surface area contributed by atoms with Crippen LogP contribution in [-0.2, 0) is 0 Å². The Balaban J connectivity index is 2.52. The summed E-state index contributed by atoms with van der Waals surface area (Å²) < 4.78 is 27.2. The zero-order valence-electron chi connectivity index (χ0n) is 10.2. The predicted molar refractivity (Wildman–Crippen MR) is 73.9 cm³/mol. The van der Waals surface area contributed by atoms with Gasteiger partial charge in [-0.1, -0.05) is 29.4 Å². The number of hydrogen-bond acceptors (Lipinski definition) is 5. The highest BCUT2D eigenvalue weighted by atomic mass is 35.5. The van der Waals surface area contributed by atoms with Gasteiger partial charge in [-0.3, -0.25) is 4.79 Å². The molecule has 0 aliphatic heterocycles. The zero-order valence-corrected chi connectivity index (χ0v) is 11.7. The number of carbonyl (C=O) groups excluding carboxylic acids is 1. The Morgan fingerprint density at radius 3 is 2.50 bits per heavy atom. The van der Waals surface area contributed by atoms with Crippen molar-refractivity contribution in [3.63, 3.8) is 0 Å². The first-order valence-electron chi connectivity index (χ1n) is 5.34. The minimum Gasteiger partial charge on any atom is -0.335 e. The molecular weight excluding hydrogens is 308 g/mol. The summed E-state index contributed by atoms with van der Waals surface area (Å²) in [5.74, 6) is -1.65. The van der Waals surface area contributed by atoms with Crippen LogP contribution < -0.4 is 5.32 Å². The van der Waals surface area contributed by atoms with E-state index in [1.54, 1.807) is 6.26 Å². The van der Waals surface area contributed by atoms with Gasteiger partial charge in [0.05, 0.1) is 5.56 Å².